The lowest BCUT2D eigenvalue weighted by molar-refractivity contribution is -0.730. The van der Waals surface area contributed by atoms with Crippen molar-refractivity contribution in [2.45, 2.75) is 30.7 Å². The quantitative estimate of drug-likeness (QED) is 0.177. The summed E-state index contributed by atoms with van der Waals surface area (Å²) in [6.45, 7) is 0. The van der Waals surface area contributed by atoms with E-state index in [4.69, 9.17) is 0 Å². The molecular weight excluding hydrogens is 534 g/mol. The van der Waals surface area contributed by atoms with E-state index in [9.17, 15) is 0 Å². The van der Waals surface area contributed by atoms with Crippen molar-refractivity contribution in [1.29, 1.82) is 0 Å². The van der Waals surface area contributed by atoms with E-state index in [-0.39, 0.29) is 5.54 Å². The van der Waals surface area contributed by atoms with Gasteiger partial charge in [0.05, 0.1) is 33.9 Å². The monoisotopic (exact) mass is 562 g/mol. The van der Waals surface area contributed by atoms with E-state index in [0.717, 1.165) is 0 Å². The van der Waals surface area contributed by atoms with Crippen LogP contribution in [-0.4, -0.2) is 9.13 Å². The average Bonchev–Trinajstić information content (AvgIpc) is 3.84. The van der Waals surface area contributed by atoms with E-state index >= 15 is 0 Å². The largest absolute Gasteiger partial charge is 0.308 e. The molecule has 1 spiro atoms. The van der Waals surface area contributed by atoms with Crippen LogP contribution in [0.3, 0.4) is 0 Å². The van der Waals surface area contributed by atoms with Gasteiger partial charge in [0.2, 0.25) is 0 Å². The Morgan fingerprint density at radius 1 is 0.614 bits per heavy atom. The second-order valence-corrected chi connectivity index (χ2v) is 13.4. The fraction of sp³-hybridized carbons (Fsp3) is 0.146. The zero-order valence-electron chi connectivity index (χ0n) is 24.2. The Labute approximate surface area is 254 Å². The first kappa shape index (κ1) is 22.4. The standard InChI is InChI=1S/C41H28N3/c1-2-10-24(11-3-1)25-21-22-35-37-38(25)44-34-18-7-4-12-27(34)30-20-19-29-26-14-8-16-32(26)41(37,36(29)39(30)44)42-23-9-15-31-28-13-5-6-17-33(28)43(35)40(31)42/h1-7,9-13,15,17-23,26,32H,8,14,16H2/q+1. The predicted molar refractivity (Wildman–Crippen MR) is 177 cm³/mol. The number of fused-ring (bicyclic) bond motifs is 10. The van der Waals surface area contributed by atoms with Gasteiger partial charge in [0, 0.05) is 33.2 Å². The van der Waals surface area contributed by atoms with Crippen LogP contribution in [0.1, 0.15) is 41.9 Å². The number of hydrogen-bond acceptors (Lipinski definition) is 0. The zero-order chi connectivity index (χ0) is 28.3. The fourth-order valence-corrected chi connectivity index (χ4v) is 10.5. The van der Waals surface area contributed by atoms with Gasteiger partial charge in [-0.05, 0) is 72.4 Å². The van der Waals surface area contributed by atoms with Gasteiger partial charge >= 0.3 is 0 Å². The molecule has 12 rings (SSSR count). The first-order valence-electron chi connectivity index (χ1n) is 16.1. The van der Waals surface area contributed by atoms with Gasteiger partial charge in [-0.3, -0.25) is 0 Å². The minimum Gasteiger partial charge on any atom is -0.308 e. The SMILES string of the molecule is c1ccc(-c2ccc3c4c2-n2c5ccccc5c5ccc6c(c52)C4(C2CCCC62)[n+]2cccc4c5ccccc5n-3c42)cc1. The number of para-hydroxylation sites is 2. The van der Waals surface area contributed by atoms with Crippen molar-refractivity contribution in [3.05, 3.63) is 138 Å². The van der Waals surface area contributed by atoms with Crippen molar-refractivity contribution in [2.75, 3.05) is 0 Å². The second kappa shape index (κ2) is 7.31. The maximum absolute atomic E-state index is 2.75. The van der Waals surface area contributed by atoms with Crippen LogP contribution in [0.25, 0.3) is 66.2 Å². The average molecular weight is 563 g/mol. The van der Waals surface area contributed by atoms with Gasteiger partial charge in [-0.25, -0.2) is 4.57 Å². The third kappa shape index (κ3) is 2.20. The highest BCUT2D eigenvalue weighted by Gasteiger charge is 2.66. The second-order valence-electron chi connectivity index (χ2n) is 13.4. The van der Waals surface area contributed by atoms with E-state index in [1.54, 1.807) is 11.1 Å². The molecule has 0 N–H and O–H groups in total. The number of rotatable bonds is 1. The summed E-state index contributed by atoms with van der Waals surface area (Å²) in [6, 6.07) is 43.7. The zero-order valence-corrected chi connectivity index (χ0v) is 24.2. The van der Waals surface area contributed by atoms with Crippen LogP contribution < -0.4 is 4.57 Å². The summed E-state index contributed by atoms with van der Waals surface area (Å²) in [7, 11) is 0. The van der Waals surface area contributed by atoms with Crippen LogP contribution in [0.15, 0.2) is 121 Å². The van der Waals surface area contributed by atoms with Crippen molar-refractivity contribution in [3.63, 3.8) is 0 Å². The van der Waals surface area contributed by atoms with Crippen molar-refractivity contribution in [3.8, 4) is 22.5 Å². The highest BCUT2D eigenvalue weighted by atomic mass is 15.2. The molecule has 5 heterocycles. The summed E-state index contributed by atoms with van der Waals surface area (Å²) in [4.78, 5) is 0. The maximum Gasteiger partial charge on any atom is 0.296 e. The molecule has 0 saturated heterocycles. The van der Waals surface area contributed by atoms with Gasteiger partial charge < -0.3 is 4.57 Å². The fourth-order valence-electron chi connectivity index (χ4n) is 10.5. The third-order valence-electron chi connectivity index (χ3n) is 11.8. The van der Waals surface area contributed by atoms with E-state index in [1.165, 1.54) is 91.1 Å². The summed E-state index contributed by atoms with van der Waals surface area (Å²) < 4.78 is 8.00. The Balaban J connectivity index is 1.43. The highest BCUT2D eigenvalue weighted by Crippen LogP contribution is 2.66. The minimum atomic E-state index is -0.264. The van der Waals surface area contributed by atoms with Crippen molar-refractivity contribution in [1.82, 2.24) is 9.13 Å². The Bertz CT molecular complexity index is 2600. The Morgan fingerprint density at radius 2 is 1.36 bits per heavy atom. The number of hydrogen-bond donors (Lipinski definition) is 0. The molecule has 3 aromatic heterocycles. The molecule has 1 saturated carbocycles. The minimum absolute atomic E-state index is 0.264. The molecule has 1 fully saturated rings. The third-order valence-corrected chi connectivity index (χ3v) is 11.8. The van der Waals surface area contributed by atoms with E-state index in [1.807, 2.05) is 0 Å². The van der Waals surface area contributed by atoms with Gasteiger partial charge in [-0.15, -0.1) is 0 Å². The molecule has 3 heteroatoms. The predicted octanol–water partition coefficient (Wildman–Crippen LogP) is 9.15. The van der Waals surface area contributed by atoms with Gasteiger partial charge in [0.15, 0.2) is 5.54 Å². The molecule has 5 aromatic carbocycles. The van der Waals surface area contributed by atoms with Crippen LogP contribution >= 0.6 is 0 Å². The summed E-state index contributed by atoms with van der Waals surface area (Å²) in [5.41, 5.74) is 15.0. The Morgan fingerprint density at radius 3 is 2.23 bits per heavy atom. The summed E-state index contributed by atoms with van der Waals surface area (Å²) >= 11 is 0. The van der Waals surface area contributed by atoms with Gasteiger partial charge in [0.1, 0.15) is 11.2 Å². The van der Waals surface area contributed by atoms with E-state index in [0.29, 0.717) is 11.8 Å². The molecule has 0 amide bonds. The van der Waals surface area contributed by atoms with Gasteiger partial charge in [-0.1, -0.05) is 79.2 Å². The lowest BCUT2D eigenvalue weighted by Gasteiger charge is -2.43. The van der Waals surface area contributed by atoms with Crippen molar-refractivity contribution >= 4 is 43.7 Å². The summed E-state index contributed by atoms with van der Waals surface area (Å²) in [6.07, 6.45) is 6.23. The first-order chi connectivity index (χ1) is 21.9. The smallest absolute Gasteiger partial charge is 0.296 e. The Kier molecular flexibility index (Phi) is 3.72. The molecule has 4 aliphatic rings. The molecular formula is C41H28N3+. The van der Waals surface area contributed by atoms with Crippen LogP contribution in [0, 0.1) is 5.92 Å². The van der Waals surface area contributed by atoms with Crippen LogP contribution in [0.4, 0.5) is 0 Å². The lowest BCUT2D eigenvalue weighted by Crippen LogP contribution is -2.64. The number of pyridine rings is 1. The molecule has 2 aliphatic heterocycles. The number of aromatic nitrogens is 3. The topological polar surface area (TPSA) is 13.7 Å². The molecule has 0 radical (unpaired) electrons. The molecule has 2 aliphatic carbocycles. The number of nitrogens with zero attached hydrogens (tertiary/aromatic N) is 3. The van der Waals surface area contributed by atoms with Crippen LogP contribution in [0.2, 0.25) is 0 Å². The molecule has 3 nitrogen and oxygen atoms in total. The van der Waals surface area contributed by atoms with Gasteiger partial charge in [0.25, 0.3) is 5.65 Å². The maximum atomic E-state index is 2.75. The van der Waals surface area contributed by atoms with Crippen molar-refractivity contribution < 1.29 is 4.57 Å². The van der Waals surface area contributed by atoms with Crippen LogP contribution in [0.5, 0.6) is 0 Å². The highest BCUT2D eigenvalue weighted by molar-refractivity contribution is 6.14. The van der Waals surface area contributed by atoms with Gasteiger partial charge in [-0.2, -0.15) is 4.57 Å². The molecule has 3 unspecified atom stereocenters. The molecule has 8 aromatic rings. The van der Waals surface area contributed by atoms with E-state index < -0.39 is 0 Å². The first-order valence-corrected chi connectivity index (χ1v) is 16.1. The molecule has 3 atom stereocenters. The molecule has 206 valence electrons. The molecule has 0 bridgehead atoms. The lowest BCUT2D eigenvalue weighted by atomic mass is 9.70. The van der Waals surface area contributed by atoms with Crippen LogP contribution in [-0.2, 0) is 5.54 Å². The summed E-state index contributed by atoms with van der Waals surface area (Å²) in [5, 5.41) is 5.41. The Hall–Kier alpha value is -5.15. The van der Waals surface area contributed by atoms with Crippen molar-refractivity contribution in [2.24, 2.45) is 5.92 Å². The normalized spacial score (nSPS) is 21.9. The molecule has 44 heavy (non-hydrogen) atoms. The summed E-state index contributed by atoms with van der Waals surface area (Å²) in [5.74, 6) is 1.08. The van der Waals surface area contributed by atoms with E-state index in [2.05, 4.69) is 135 Å². The number of benzene rings is 5.